The van der Waals surface area contributed by atoms with Crippen molar-refractivity contribution in [3.05, 3.63) is 24.0 Å². The molecule has 3 rings (SSSR count). The Morgan fingerprint density at radius 1 is 1.31 bits per heavy atom. The van der Waals surface area contributed by atoms with Crippen LogP contribution in [-0.4, -0.2) is 15.1 Å². The molecule has 1 aromatic carbocycles. The van der Waals surface area contributed by atoms with Gasteiger partial charge in [-0.3, -0.25) is 0 Å². The molecule has 3 heteroatoms. The van der Waals surface area contributed by atoms with E-state index in [9.17, 15) is 5.11 Å². The molecule has 16 heavy (non-hydrogen) atoms. The lowest BCUT2D eigenvalue weighted by Crippen LogP contribution is -2.18. The fourth-order valence-electron chi connectivity index (χ4n) is 2.68. The van der Waals surface area contributed by atoms with Gasteiger partial charge in [0.2, 0.25) is 0 Å². The average Bonchev–Trinajstić information content (AvgIpc) is 2.84. The van der Waals surface area contributed by atoms with Gasteiger partial charge in [-0.25, -0.2) is 4.98 Å². The quantitative estimate of drug-likeness (QED) is 0.769. The van der Waals surface area contributed by atoms with Crippen LogP contribution in [0.2, 0.25) is 0 Å². The van der Waals surface area contributed by atoms with E-state index in [0.717, 1.165) is 16.9 Å². The summed E-state index contributed by atoms with van der Waals surface area (Å²) in [6.45, 7) is 2.28. The molecule has 0 spiro atoms. The lowest BCUT2D eigenvalue weighted by Gasteiger charge is -2.19. The Kier molecular flexibility index (Phi) is 1.96. The highest BCUT2D eigenvalue weighted by molar-refractivity contribution is 5.76. The molecule has 1 saturated carbocycles. The summed E-state index contributed by atoms with van der Waals surface area (Å²) in [5.74, 6) is 1.37. The number of benzene rings is 1. The Morgan fingerprint density at radius 3 is 2.81 bits per heavy atom. The largest absolute Gasteiger partial charge is 0.508 e. The summed E-state index contributed by atoms with van der Waals surface area (Å²) in [4.78, 5) is 7.99. The number of rotatable bonds is 1. The summed E-state index contributed by atoms with van der Waals surface area (Å²) >= 11 is 0. The molecule has 0 amide bonds. The topological polar surface area (TPSA) is 48.9 Å². The van der Waals surface area contributed by atoms with Crippen molar-refractivity contribution in [2.45, 2.75) is 38.0 Å². The number of phenols is 1. The number of H-pyrrole nitrogens is 1. The predicted molar refractivity (Wildman–Crippen MR) is 63.6 cm³/mol. The number of hydrogen-bond donors (Lipinski definition) is 2. The molecule has 1 aliphatic rings. The normalized spacial score (nSPS) is 19.3. The molecule has 0 saturated heterocycles. The Hall–Kier alpha value is -1.51. The molecule has 1 aliphatic carbocycles. The molecule has 1 heterocycles. The van der Waals surface area contributed by atoms with E-state index in [1.54, 1.807) is 12.1 Å². The summed E-state index contributed by atoms with van der Waals surface area (Å²) in [6.07, 6.45) is 5.00. The number of nitrogens with zero attached hydrogens (tertiary/aromatic N) is 1. The molecule has 0 aliphatic heterocycles. The number of phenolic OH excluding ortho intramolecular Hbond substituents is 1. The summed E-state index contributed by atoms with van der Waals surface area (Å²) in [7, 11) is 0. The van der Waals surface area contributed by atoms with Crippen molar-refractivity contribution < 1.29 is 5.11 Å². The monoisotopic (exact) mass is 216 g/mol. The van der Waals surface area contributed by atoms with Gasteiger partial charge in [-0.15, -0.1) is 0 Å². The van der Waals surface area contributed by atoms with Gasteiger partial charge in [0.1, 0.15) is 11.6 Å². The van der Waals surface area contributed by atoms with Crippen LogP contribution < -0.4 is 0 Å². The Bertz CT molecular complexity index is 524. The van der Waals surface area contributed by atoms with E-state index >= 15 is 0 Å². The maximum atomic E-state index is 9.42. The maximum Gasteiger partial charge on any atom is 0.117 e. The standard InChI is InChI=1S/C13H16N2O/c1-13(6-2-3-7-13)12-14-10-5-4-9(16)8-11(10)15-12/h4-5,8,16H,2-3,6-7H2,1H3,(H,14,15). The molecule has 2 N–H and O–H groups in total. The second-order valence-corrected chi connectivity index (χ2v) is 5.05. The van der Waals surface area contributed by atoms with Crippen LogP contribution in [0.25, 0.3) is 11.0 Å². The highest BCUT2D eigenvalue weighted by Crippen LogP contribution is 2.39. The SMILES string of the molecule is CC1(c2nc3ccc(O)cc3[nH]2)CCCC1. The highest BCUT2D eigenvalue weighted by Gasteiger charge is 2.33. The molecule has 0 bridgehead atoms. The average molecular weight is 216 g/mol. The molecule has 84 valence electrons. The zero-order chi connectivity index (χ0) is 11.2. The van der Waals surface area contributed by atoms with Crippen LogP contribution >= 0.6 is 0 Å². The van der Waals surface area contributed by atoms with Crippen LogP contribution in [-0.2, 0) is 5.41 Å². The number of aromatic nitrogens is 2. The van der Waals surface area contributed by atoms with Crippen molar-refractivity contribution in [1.29, 1.82) is 0 Å². The minimum absolute atomic E-state index is 0.203. The minimum Gasteiger partial charge on any atom is -0.508 e. The third-order valence-electron chi connectivity index (χ3n) is 3.74. The molecule has 2 aromatic rings. The number of fused-ring (bicyclic) bond motifs is 1. The second kappa shape index (κ2) is 3.24. The number of hydrogen-bond acceptors (Lipinski definition) is 2. The van der Waals surface area contributed by atoms with Crippen LogP contribution in [0.15, 0.2) is 18.2 Å². The first kappa shape index (κ1) is 9.70. The lowest BCUT2D eigenvalue weighted by atomic mass is 9.88. The van der Waals surface area contributed by atoms with Crippen LogP contribution in [0.1, 0.15) is 38.4 Å². The summed E-state index contributed by atoms with van der Waals surface area (Å²) < 4.78 is 0. The van der Waals surface area contributed by atoms with E-state index in [1.807, 2.05) is 6.07 Å². The number of aromatic hydroxyl groups is 1. The first-order valence-electron chi connectivity index (χ1n) is 5.87. The van der Waals surface area contributed by atoms with Crippen molar-refractivity contribution in [2.75, 3.05) is 0 Å². The fourth-order valence-corrected chi connectivity index (χ4v) is 2.68. The van der Waals surface area contributed by atoms with Crippen molar-refractivity contribution in [1.82, 2.24) is 9.97 Å². The number of imidazole rings is 1. The molecular weight excluding hydrogens is 200 g/mol. The highest BCUT2D eigenvalue weighted by atomic mass is 16.3. The van der Waals surface area contributed by atoms with E-state index in [4.69, 9.17) is 0 Å². The molecule has 0 unspecified atom stereocenters. The maximum absolute atomic E-state index is 9.42. The number of aromatic amines is 1. The van der Waals surface area contributed by atoms with Crippen LogP contribution in [0.3, 0.4) is 0 Å². The molecule has 1 aromatic heterocycles. The molecule has 0 atom stereocenters. The van der Waals surface area contributed by atoms with E-state index in [1.165, 1.54) is 25.7 Å². The van der Waals surface area contributed by atoms with E-state index in [-0.39, 0.29) is 5.41 Å². The van der Waals surface area contributed by atoms with E-state index in [2.05, 4.69) is 16.9 Å². The fraction of sp³-hybridized carbons (Fsp3) is 0.462. The van der Waals surface area contributed by atoms with Gasteiger partial charge in [-0.1, -0.05) is 19.8 Å². The third-order valence-corrected chi connectivity index (χ3v) is 3.74. The smallest absolute Gasteiger partial charge is 0.117 e. The Morgan fingerprint density at radius 2 is 2.06 bits per heavy atom. The van der Waals surface area contributed by atoms with Gasteiger partial charge >= 0.3 is 0 Å². The van der Waals surface area contributed by atoms with E-state index in [0.29, 0.717) is 5.75 Å². The minimum atomic E-state index is 0.203. The van der Waals surface area contributed by atoms with Crippen molar-refractivity contribution in [3.63, 3.8) is 0 Å². The van der Waals surface area contributed by atoms with Gasteiger partial charge in [0, 0.05) is 11.5 Å². The first-order chi connectivity index (χ1) is 7.67. The summed E-state index contributed by atoms with van der Waals surface area (Å²) in [5, 5.41) is 9.42. The van der Waals surface area contributed by atoms with Crippen molar-refractivity contribution in [3.8, 4) is 5.75 Å². The lowest BCUT2D eigenvalue weighted by molar-refractivity contribution is 0.464. The van der Waals surface area contributed by atoms with Crippen LogP contribution in [0.4, 0.5) is 0 Å². The van der Waals surface area contributed by atoms with Gasteiger partial charge in [-0.2, -0.15) is 0 Å². The first-order valence-corrected chi connectivity index (χ1v) is 5.87. The Labute approximate surface area is 94.5 Å². The zero-order valence-corrected chi connectivity index (χ0v) is 9.45. The van der Waals surface area contributed by atoms with Crippen LogP contribution in [0.5, 0.6) is 5.75 Å². The van der Waals surface area contributed by atoms with Gasteiger partial charge in [-0.05, 0) is 25.0 Å². The third kappa shape index (κ3) is 1.39. The predicted octanol–water partition coefficient (Wildman–Crippen LogP) is 3.10. The molecular formula is C13H16N2O. The van der Waals surface area contributed by atoms with Crippen LogP contribution in [0, 0.1) is 0 Å². The molecule has 3 nitrogen and oxygen atoms in total. The van der Waals surface area contributed by atoms with E-state index < -0.39 is 0 Å². The van der Waals surface area contributed by atoms with Gasteiger partial charge in [0.25, 0.3) is 0 Å². The molecule has 1 fully saturated rings. The second-order valence-electron chi connectivity index (χ2n) is 5.05. The molecule has 0 radical (unpaired) electrons. The summed E-state index contributed by atoms with van der Waals surface area (Å²) in [6, 6.07) is 5.29. The summed E-state index contributed by atoms with van der Waals surface area (Å²) in [5.41, 5.74) is 2.08. The zero-order valence-electron chi connectivity index (χ0n) is 9.45. The Balaban J connectivity index is 2.11. The van der Waals surface area contributed by atoms with Gasteiger partial charge in [0.15, 0.2) is 0 Å². The van der Waals surface area contributed by atoms with Crippen molar-refractivity contribution >= 4 is 11.0 Å². The van der Waals surface area contributed by atoms with Crippen molar-refractivity contribution in [2.24, 2.45) is 0 Å². The van der Waals surface area contributed by atoms with Gasteiger partial charge in [0.05, 0.1) is 11.0 Å². The number of nitrogens with one attached hydrogen (secondary N) is 1. The van der Waals surface area contributed by atoms with Gasteiger partial charge < -0.3 is 10.1 Å².